The molecule has 1 fully saturated rings. The summed E-state index contributed by atoms with van der Waals surface area (Å²) in [4.78, 5) is 17.3. The lowest BCUT2D eigenvalue weighted by Gasteiger charge is -2.11. The van der Waals surface area contributed by atoms with Gasteiger partial charge in [0.25, 0.3) is 5.91 Å². The van der Waals surface area contributed by atoms with Crippen LogP contribution in [0.1, 0.15) is 28.8 Å². The molecule has 2 aromatic carbocycles. The van der Waals surface area contributed by atoms with Crippen molar-refractivity contribution in [1.82, 2.24) is 5.32 Å². The van der Waals surface area contributed by atoms with Crippen molar-refractivity contribution in [2.75, 3.05) is 13.2 Å². The highest BCUT2D eigenvalue weighted by Crippen LogP contribution is 2.22. The second-order valence-electron chi connectivity index (χ2n) is 7.04. The molecule has 0 bridgehead atoms. The number of hydrogen-bond acceptors (Lipinski definition) is 4. The van der Waals surface area contributed by atoms with E-state index in [4.69, 9.17) is 20.8 Å². The van der Waals surface area contributed by atoms with Gasteiger partial charge >= 0.3 is 0 Å². The fourth-order valence-corrected chi connectivity index (χ4v) is 3.45. The number of carbonyl (C=O) groups is 1. The maximum Gasteiger partial charge on any atom is 0.256 e. The quantitative estimate of drug-likeness (QED) is 0.674. The van der Waals surface area contributed by atoms with E-state index in [-0.39, 0.29) is 23.1 Å². The molecule has 1 saturated heterocycles. The largest absolute Gasteiger partial charge is 0.438 e. The Hall–Kier alpha value is -2.70. The number of nitrogens with zero attached hydrogens (tertiary/aromatic N) is 1. The summed E-state index contributed by atoms with van der Waals surface area (Å²) in [6.45, 7) is 2.94. The van der Waals surface area contributed by atoms with Crippen LogP contribution in [0.25, 0.3) is 11.0 Å². The van der Waals surface area contributed by atoms with Crippen LogP contribution in [0, 0.1) is 12.7 Å². The van der Waals surface area contributed by atoms with E-state index in [0.717, 1.165) is 18.4 Å². The molecule has 1 aliphatic rings. The minimum Gasteiger partial charge on any atom is -0.438 e. The Balaban J connectivity index is 1.79. The molecule has 1 amide bonds. The standard InChI is InChI=1S/C22H20ClFN2O3/c1-13-4-6-16(24)11-19(13)26-22-18(21(27)25-12-17-3-2-8-28-17)10-14-9-15(23)5-7-20(14)29-22/h4-7,9-11,17H,2-3,8,12H2,1H3,(H,25,27)/t17-/m0/s1. The van der Waals surface area contributed by atoms with Crippen molar-refractivity contribution in [2.45, 2.75) is 25.9 Å². The van der Waals surface area contributed by atoms with Crippen LogP contribution in [0.5, 0.6) is 0 Å². The first-order valence-electron chi connectivity index (χ1n) is 9.44. The summed E-state index contributed by atoms with van der Waals surface area (Å²) < 4.78 is 25.2. The maximum absolute atomic E-state index is 13.7. The summed E-state index contributed by atoms with van der Waals surface area (Å²) in [6, 6.07) is 11.1. The molecular weight excluding hydrogens is 395 g/mol. The molecule has 1 N–H and O–H groups in total. The van der Waals surface area contributed by atoms with Crippen molar-refractivity contribution in [2.24, 2.45) is 4.99 Å². The van der Waals surface area contributed by atoms with E-state index < -0.39 is 5.82 Å². The van der Waals surface area contributed by atoms with Crippen LogP contribution in [0.4, 0.5) is 10.1 Å². The number of nitrogens with one attached hydrogen (secondary N) is 1. The van der Waals surface area contributed by atoms with Crippen LogP contribution in [-0.4, -0.2) is 25.2 Å². The molecule has 0 aliphatic carbocycles. The lowest BCUT2D eigenvalue weighted by atomic mass is 10.1. The minimum absolute atomic E-state index is 0.0108. The summed E-state index contributed by atoms with van der Waals surface area (Å²) in [6.07, 6.45) is 1.92. The third-order valence-corrected chi connectivity index (χ3v) is 5.10. The predicted molar refractivity (Wildman–Crippen MR) is 109 cm³/mol. The topological polar surface area (TPSA) is 63.8 Å². The number of amides is 1. The maximum atomic E-state index is 13.7. The summed E-state index contributed by atoms with van der Waals surface area (Å²) in [5.74, 6) is -0.745. The van der Waals surface area contributed by atoms with Crippen LogP contribution < -0.4 is 10.9 Å². The fraction of sp³-hybridized carbons (Fsp3) is 0.273. The van der Waals surface area contributed by atoms with Gasteiger partial charge < -0.3 is 14.5 Å². The molecule has 0 radical (unpaired) electrons. The molecule has 2 heterocycles. The third-order valence-electron chi connectivity index (χ3n) is 4.86. The molecule has 29 heavy (non-hydrogen) atoms. The van der Waals surface area contributed by atoms with Crippen molar-refractivity contribution in [1.29, 1.82) is 0 Å². The first-order valence-corrected chi connectivity index (χ1v) is 9.81. The number of aryl methyl sites for hydroxylation is 1. The Kier molecular flexibility index (Phi) is 5.65. The monoisotopic (exact) mass is 414 g/mol. The Morgan fingerprint density at radius 3 is 2.93 bits per heavy atom. The van der Waals surface area contributed by atoms with Gasteiger partial charge in [-0.15, -0.1) is 0 Å². The van der Waals surface area contributed by atoms with Crippen LogP contribution in [0.2, 0.25) is 5.02 Å². The normalized spacial score (nSPS) is 17.1. The van der Waals surface area contributed by atoms with E-state index in [0.29, 0.717) is 34.8 Å². The van der Waals surface area contributed by atoms with E-state index in [2.05, 4.69) is 10.3 Å². The van der Waals surface area contributed by atoms with Gasteiger partial charge in [0.05, 0.1) is 11.8 Å². The molecule has 7 heteroatoms. The van der Waals surface area contributed by atoms with E-state index in [1.165, 1.54) is 12.1 Å². The average molecular weight is 415 g/mol. The molecule has 150 valence electrons. The second kappa shape index (κ2) is 8.35. The van der Waals surface area contributed by atoms with E-state index in [9.17, 15) is 9.18 Å². The highest BCUT2D eigenvalue weighted by Gasteiger charge is 2.19. The van der Waals surface area contributed by atoms with Gasteiger partial charge in [-0.05, 0) is 61.7 Å². The van der Waals surface area contributed by atoms with Gasteiger partial charge in [-0.2, -0.15) is 0 Å². The zero-order valence-corrected chi connectivity index (χ0v) is 16.6. The molecule has 1 aliphatic heterocycles. The van der Waals surface area contributed by atoms with Crippen LogP contribution in [0.3, 0.4) is 0 Å². The second-order valence-corrected chi connectivity index (χ2v) is 7.47. The molecule has 0 spiro atoms. The first kappa shape index (κ1) is 19.6. The summed E-state index contributed by atoms with van der Waals surface area (Å²) in [5.41, 5.74) is 2.05. The van der Waals surface area contributed by atoms with Crippen LogP contribution in [-0.2, 0) is 4.74 Å². The first-order chi connectivity index (χ1) is 14.0. The molecule has 0 unspecified atom stereocenters. The van der Waals surface area contributed by atoms with E-state index >= 15 is 0 Å². The number of halogens is 2. The summed E-state index contributed by atoms with van der Waals surface area (Å²) in [5, 5.41) is 4.09. The van der Waals surface area contributed by atoms with Crippen molar-refractivity contribution < 1.29 is 18.3 Å². The molecule has 1 aromatic heterocycles. The molecule has 3 aromatic rings. The number of rotatable bonds is 4. The van der Waals surface area contributed by atoms with E-state index in [1.54, 1.807) is 30.3 Å². The third kappa shape index (κ3) is 4.49. The van der Waals surface area contributed by atoms with Crippen LogP contribution >= 0.6 is 11.6 Å². The average Bonchev–Trinajstić information content (AvgIpc) is 3.22. The van der Waals surface area contributed by atoms with Gasteiger partial charge in [-0.25, -0.2) is 9.38 Å². The van der Waals surface area contributed by atoms with Gasteiger partial charge in [0, 0.05) is 23.6 Å². The van der Waals surface area contributed by atoms with Gasteiger partial charge in [-0.1, -0.05) is 17.7 Å². The van der Waals surface area contributed by atoms with Gasteiger partial charge in [0.1, 0.15) is 17.0 Å². The lowest BCUT2D eigenvalue weighted by molar-refractivity contribution is 0.0854. The lowest BCUT2D eigenvalue weighted by Crippen LogP contribution is -2.34. The van der Waals surface area contributed by atoms with Gasteiger partial charge in [0.15, 0.2) is 0 Å². The highest BCUT2D eigenvalue weighted by atomic mass is 35.5. The van der Waals surface area contributed by atoms with Crippen molar-refractivity contribution in [3.05, 3.63) is 70.0 Å². The smallest absolute Gasteiger partial charge is 0.256 e. The number of benzene rings is 2. The molecule has 5 nitrogen and oxygen atoms in total. The number of ether oxygens (including phenoxy) is 1. The fourth-order valence-electron chi connectivity index (χ4n) is 3.27. The molecule has 1 atom stereocenters. The summed E-state index contributed by atoms with van der Waals surface area (Å²) in [7, 11) is 0. The number of carbonyl (C=O) groups excluding carboxylic acids is 1. The van der Waals surface area contributed by atoms with Crippen molar-refractivity contribution in [3.8, 4) is 0 Å². The van der Waals surface area contributed by atoms with Crippen LogP contribution in [0.15, 0.2) is 51.9 Å². The van der Waals surface area contributed by atoms with E-state index in [1.807, 2.05) is 6.92 Å². The Morgan fingerprint density at radius 2 is 2.14 bits per heavy atom. The Labute approximate surface area is 172 Å². The van der Waals surface area contributed by atoms with Gasteiger partial charge in [0.2, 0.25) is 5.55 Å². The zero-order chi connectivity index (χ0) is 20.4. The SMILES string of the molecule is Cc1ccc(F)cc1N=c1oc2ccc(Cl)cc2cc1C(=O)NC[C@@H]1CCCO1. The van der Waals surface area contributed by atoms with Crippen molar-refractivity contribution in [3.63, 3.8) is 0 Å². The zero-order valence-electron chi connectivity index (χ0n) is 15.9. The summed E-state index contributed by atoms with van der Waals surface area (Å²) >= 11 is 6.08. The van der Waals surface area contributed by atoms with Gasteiger partial charge in [-0.3, -0.25) is 4.79 Å². The van der Waals surface area contributed by atoms with Crippen molar-refractivity contribution >= 4 is 34.2 Å². The predicted octanol–water partition coefficient (Wildman–Crippen LogP) is 4.67. The molecule has 4 rings (SSSR count). The molecule has 0 saturated carbocycles. The number of hydrogen-bond donors (Lipinski definition) is 1. The highest BCUT2D eigenvalue weighted by molar-refractivity contribution is 6.31. The minimum atomic E-state index is -0.411. The molecular formula is C22H20ClFN2O3. The number of fused-ring (bicyclic) bond motifs is 1. The Bertz CT molecular complexity index is 1140. The Morgan fingerprint density at radius 1 is 1.28 bits per heavy atom.